The van der Waals surface area contributed by atoms with Crippen molar-refractivity contribution in [2.24, 2.45) is 0 Å². The Bertz CT molecular complexity index is 222. The Hall–Kier alpha value is -1.39. The molecule has 0 aromatic carbocycles. The molecule has 0 fully saturated rings. The Labute approximate surface area is 95.8 Å². The molecule has 0 bridgehead atoms. The van der Waals surface area contributed by atoms with E-state index >= 15 is 0 Å². The fourth-order valence-electron chi connectivity index (χ4n) is 0.744. The predicted molar refractivity (Wildman–Crippen MR) is 59.1 cm³/mol. The molecule has 0 aromatic heterocycles. The number of hydrogen-bond acceptors (Lipinski definition) is 4. The first kappa shape index (κ1) is 17.0. The third kappa shape index (κ3) is 12.6. The molecule has 0 amide bonds. The Morgan fingerprint density at radius 3 is 1.94 bits per heavy atom. The SMILES string of the molecule is CCCCC(=O)CC.CCOC(=O)C(=O)O. The van der Waals surface area contributed by atoms with Crippen LogP contribution in [0.25, 0.3) is 0 Å². The largest absolute Gasteiger partial charge is 0.473 e. The Kier molecular flexibility index (Phi) is 12.4. The summed E-state index contributed by atoms with van der Waals surface area (Å²) >= 11 is 0. The monoisotopic (exact) mass is 232 g/mol. The van der Waals surface area contributed by atoms with Crippen LogP contribution in [0.5, 0.6) is 0 Å². The predicted octanol–water partition coefficient (Wildman–Crippen LogP) is 1.79. The van der Waals surface area contributed by atoms with E-state index < -0.39 is 11.9 Å². The maximum atomic E-state index is 10.6. The van der Waals surface area contributed by atoms with Crippen molar-refractivity contribution in [1.82, 2.24) is 0 Å². The lowest BCUT2D eigenvalue weighted by Crippen LogP contribution is -2.15. The fraction of sp³-hybridized carbons (Fsp3) is 0.727. The summed E-state index contributed by atoms with van der Waals surface area (Å²) in [4.78, 5) is 30.1. The fourth-order valence-corrected chi connectivity index (χ4v) is 0.744. The van der Waals surface area contributed by atoms with Gasteiger partial charge in [-0.2, -0.15) is 0 Å². The van der Waals surface area contributed by atoms with Crippen LogP contribution in [-0.2, 0) is 19.1 Å². The van der Waals surface area contributed by atoms with Crippen molar-refractivity contribution in [2.45, 2.75) is 46.5 Å². The van der Waals surface area contributed by atoms with E-state index in [0.29, 0.717) is 12.2 Å². The van der Waals surface area contributed by atoms with Gasteiger partial charge in [0, 0.05) is 12.8 Å². The Morgan fingerprint density at radius 1 is 1.12 bits per heavy atom. The molecule has 0 saturated carbocycles. The van der Waals surface area contributed by atoms with Gasteiger partial charge in [-0.3, -0.25) is 4.79 Å². The van der Waals surface area contributed by atoms with Gasteiger partial charge in [-0.1, -0.05) is 20.3 Å². The van der Waals surface area contributed by atoms with E-state index in [2.05, 4.69) is 11.7 Å². The maximum Gasteiger partial charge on any atom is 0.417 e. The van der Waals surface area contributed by atoms with Gasteiger partial charge in [-0.15, -0.1) is 0 Å². The van der Waals surface area contributed by atoms with Crippen LogP contribution in [0.15, 0.2) is 0 Å². The second kappa shape index (κ2) is 11.7. The molecular weight excluding hydrogens is 212 g/mol. The minimum atomic E-state index is -1.55. The number of ether oxygens (including phenoxy) is 1. The highest BCUT2D eigenvalue weighted by molar-refractivity contribution is 6.28. The summed E-state index contributed by atoms with van der Waals surface area (Å²) in [6.45, 7) is 5.66. The van der Waals surface area contributed by atoms with Gasteiger partial charge in [0.05, 0.1) is 6.61 Å². The number of hydrogen-bond donors (Lipinski definition) is 1. The highest BCUT2D eigenvalue weighted by Crippen LogP contribution is 1.96. The van der Waals surface area contributed by atoms with Crippen LogP contribution in [0, 0.1) is 0 Å². The Balaban J connectivity index is 0. The molecule has 0 spiro atoms. The van der Waals surface area contributed by atoms with Gasteiger partial charge in [0.15, 0.2) is 0 Å². The van der Waals surface area contributed by atoms with Crippen molar-refractivity contribution in [3.05, 3.63) is 0 Å². The molecule has 0 atom stereocenters. The molecule has 0 aliphatic carbocycles. The van der Waals surface area contributed by atoms with Crippen LogP contribution in [0.2, 0.25) is 0 Å². The molecule has 16 heavy (non-hydrogen) atoms. The van der Waals surface area contributed by atoms with Crippen molar-refractivity contribution >= 4 is 17.7 Å². The molecule has 0 aliphatic heterocycles. The third-order valence-corrected chi connectivity index (χ3v) is 1.65. The first-order chi connectivity index (χ1) is 7.49. The zero-order chi connectivity index (χ0) is 13.0. The quantitative estimate of drug-likeness (QED) is 0.577. The summed E-state index contributed by atoms with van der Waals surface area (Å²) in [5.74, 6) is -2.36. The molecule has 0 aromatic rings. The molecule has 0 unspecified atom stereocenters. The second-order valence-electron chi connectivity index (χ2n) is 3.02. The molecule has 5 nitrogen and oxygen atoms in total. The van der Waals surface area contributed by atoms with Crippen LogP contribution < -0.4 is 0 Å². The van der Waals surface area contributed by atoms with Crippen molar-refractivity contribution in [3.8, 4) is 0 Å². The molecular formula is C11H20O5. The summed E-state index contributed by atoms with van der Waals surface area (Å²) in [5, 5.41) is 7.84. The van der Waals surface area contributed by atoms with Crippen molar-refractivity contribution < 1.29 is 24.2 Å². The van der Waals surface area contributed by atoms with Crippen molar-refractivity contribution in [3.63, 3.8) is 0 Å². The average Bonchev–Trinajstić information content (AvgIpc) is 2.27. The first-order valence-electron chi connectivity index (χ1n) is 5.41. The topological polar surface area (TPSA) is 80.7 Å². The van der Waals surface area contributed by atoms with Crippen LogP contribution >= 0.6 is 0 Å². The van der Waals surface area contributed by atoms with E-state index in [9.17, 15) is 14.4 Å². The minimum absolute atomic E-state index is 0.102. The lowest BCUT2D eigenvalue weighted by atomic mass is 10.1. The van der Waals surface area contributed by atoms with E-state index in [4.69, 9.17) is 5.11 Å². The lowest BCUT2D eigenvalue weighted by molar-refractivity contribution is -0.163. The number of carbonyl (C=O) groups excluding carboxylic acids is 2. The lowest BCUT2D eigenvalue weighted by Gasteiger charge is -1.91. The zero-order valence-electron chi connectivity index (χ0n) is 10.1. The highest BCUT2D eigenvalue weighted by Gasteiger charge is 2.09. The summed E-state index contributed by atoms with van der Waals surface area (Å²) in [7, 11) is 0. The van der Waals surface area contributed by atoms with E-state index in [-0.39, 0.29) is 6.61 Å². The van der Waals surface area contributed by atoms with Crippen molar-refractivity contribution in [2.75, 3.05) is 6.61 Å². The number of esters is 1. The second-order valence-corrected chi connectivity index (χ2v) is 3.02. The average molecular weight is 232 g/mol. The number of ketones is 1. The minimum Gasteiger partial charge on any atom is -0.473 e. The molecule has 0 aliphatic rings. The van der Waals surface area contributed by atoms with Gasteiger partial charge in [0.2, 0.25) is 0 Å². The van der Waals surface area contributed by atoms with Gasteiger partial charge >= 0.3 is 11.9 Å². The molecule has 0 saturated heterocycles. The molecule has 1 N–H and O–H groups in total. The first-order valence-corrected chi connectivity index (χ1v) is 5.41. The van der Waals surface area contributed by atoms with Crippen LogP contribution in [0.4, 0.5) is 0 Å². The van der Waals surface area contributed by atoms with Crippen LogP contribution in [-0.4, -0.2) is 29.4 Å². The molecule has 0 rings (SSSR count). The smallest absolute Gasteiger partial charge is 0.417 e. The summed E-state index contributed by atoms with van der Waals surface area (Å²) < 4.78 is 4.06. The number of carboxylic acid groups (broad SMARTS) is 1. The number of carbonyl (C=O) groups is 3. The third-order valence-electron chi connectivity index (χ3n) is 1.65. The number of Topliss-reactive ketones (excluding diaryl/α,β-unsaturated/α-hetero) is 1. The molecule has 0 heterocycles. The Morgan fingerprint density at radius 2 is 1.69 bits per heavy atom. The molecule has 0 radical (unpaired) electrons. The summed E-state index contributed by atoms with van der Waals surface area (Å²) in [6, 6.07) is 0. The normalized spacial score (nSPS) is 8.69. The molecule has 94 valence electrons. The van der Waals surface area contributed by atoms with Gasteiger partial charge in [-0.25, -0.2) is 9.59 Å². The number of aliphatic carboxylic acids is 1. The maximum absolute atomic E-state index is 10.6. The summed E-state index contributed by atoms with van der Waals surface area (Å²) in [6.07, 6.45) is 3.69. The van der Waals surface area contributed by atoms with E-state index in [1.165, 1.54) is 0 Å². The summed E-state index contributed by atoms with van der Waals surface area (Å²) in [5.41, 5.74) is 0. The van der Waals surface area contributed by atoms with Crippen molar-refractivity contribution in [1.29, 1.82) is 0 Å². The van der Waals surface area contributed by atoms with E-state index in [1.807, 2.05) is 6.92 Å². The van der Waals surface area contributed by atoms with E-state index in [0.717, 1.165) is 19.3 Å². The van der Waals surface area contributed by atoms with Gasteiger partial charge < -0.3 is 9.84 Å². The van der Waals surface area contributed by atoms with Gasteiger partial charge in [-0.05, 0) is 13.3 Å². The molecule has 5 heteroatoms. The van der Waals surface area contributed by atoms with Gasteiger partial charge in [0.25, 0.3) is 0 Å². The zero-order valence-corrected chi connectivity index (χ0v) is 10.1. The van der Waals surface area contributed by atoms with Crippen LogP contribution in [0.1, 0.15) is 46.5 Å². The van der Waals surface area contributed by atoms with Crippen LogP contribution in [0.3, 0.4) is 0 Å². The van der Waals surface area contributed by atoms with E-state index in [1.54, 1.807) is 6.92 Å². The number of unbranched alkanes of at least 4 members (excludes halogenated alkanes) is 1. The standard InChI is InChI=1S/C7H14O.C4H6O4/c1-3-5-6-7(8)4-2;1-2-8-4(7)3(5)6/h3-6H2,1-2H3;2H2,1H3,(H,5,6). The number of rotatable bonds is 5. The number of carboxylic acids is 1. The van der Waals surface area contributed by atoms with Gasteiger partial charge in [0.1, 0.15) is 5.78 Å². The highest BCUT2D eigenvalue weighted by atomic mass is 16.6.